The van der Waals surface area contributed by atoms with Crippen LogP contribution in [0.1, 0.15) is 16.1 Å². The Labute approximate surface area is 231 Å². The number of nitro benzene ring substituents is 1. The van der Waals surface area contributed by atoms with Crippen LogP contribution in [-0.2, 0) is 0 Å². The molecule has 5 aromatic rings. The molecule has 3 aromatic carbocycles. The SMILES string of the molecule is COc1ccc(-n2nc3cc(C)c(NC(=S)NC(=O)c4ccc(-c5ccccc5[N+](=O)[O-])o4)cc3n2)cc1Cl. The fourth-order valence-corrected chi connectivity index (χ4v) is 4.32. The fourth-order valence-electron chi connectivity index (χ4n) is 3.86. The Morgan fingerprint density at radius 1 is 1.10 bits per heavy atom. The monoisotopic (exact) mass is 562 g/mol. The fraction of sp³-hybridized carbons (Fsp3) is 0.0769. The number of fused-ring (bicyclic) bond motifs is 1. The number of furan rings is 1. The Kier molecular flexibility index (Phi) is 6.96. The molecule has 0 bridgehead atoms. The third-order valence-electron chi connectivity index (χ3n) is 5.76. The number of benzene rings is 3. The molecule has 0 aliphatic carbocycles. The smallest absolute Gasteiger partial charge is 0.293 e. The molecule has 5 rings (SSSR count). The normalized spacial score (nSPS) is 10.8. The number of methoxy groups -OCH3 is 1. The average Bonchev–Trinajstić information content (AvgIpc) is 3.56. The maximum Gasteiger partial charge on any atom is 0.293 e. The third-order valence-corrected chi connectivity index (χ3v) is 6.26. The highest BCUT2D eigenvalue weighted by Gasteiger charge is 2.20. The van der Waals surface area contributed by atoms with E-state index in [0.29, 0.717) is 33.2 Å². The Bertz CT molecular complexity index is 1770. The van der Waals surface area contributed by atoms with E-state index < -0.39 is 10.8 Å². The van der Waals surface area contributed by atoms with E-state index >= 15 is 0 Å². The first kappa shape index (κ1) is 25.8. The lowest BCUT2D eigenvalue weighted by atomic mass is 10.1. The van der Waals surface area contributed by atoms with Gasteiger partial charge in [0.2, 0.25) is 0 Å². The van der Waals surface area contributed by atoms with Crippen LogP contribution in [0.4, 0.5) is 11.4 Å². The van der Waals surface area contributed by atoms with Gasteiger partial charge in [0.05, 0.1) is 28.3 Å². The number of carbonyl (C=O) groups is 1. The summed E-state index contributed by atoms with van der Waals surface area (Å²) in [5.41, 5.74) is 3.46. The molecule has 11 nitrogen and oxygen atoms in total. The topological polar surface area (TPSA) is 137 Å². The van der Waals surface area contributed by atoms with Gasteiger partial charge in [-0.1, -0.05) is 23.7 Å². The van der Waals surface area contributed by atoms with Crippen molar-refractivity contribution in [3.05, 3.63) is 93.2 Å². The minimum atomic E-state index is -0.613. The van der Waals surface area contributed by atoms with E-state index in [4.69, 9.17) is 33.0 Å². The molecule has 39 heavy (non-hydrogen) atoms. The van der Waals surface area contributed by atoms with Crippen LogP contribution in [0.3, 0.4) is 0 Å². The lowest BCUT2D eigenvalue weighted by Crippen LogP contribution is -2.34. The van der Waals surface area contributed by atoms with Crippen molar-refractivity contribution in [2.45, 2.75) is 6.92 Å². The van der Waals surface area contributed by atoms with Crippen LogP contribution in [0.2, 0.25) is 5.02 Å². The molecule has 13 heteroatoms. The Morgan fingerprint density at radius 2 is 1.85 bits per heavy atom. The van der Waals surface area contributed by atoms with Gasteiger partial charge < -0.3 is 14.5 Å². The van der Waals surface area contributed by atoms with E-state index in [1.165, 1.54) is 30.1 Å². The minimum absolute atomic E-state index is 0.0282. The molecule has 0 radical (unpaired) electrons. The number of thiocarbonyl (C=S) groups is 1. The van der Waals surface area contributed by atoms with Gasteiger partial charge in [-0.15, -0.1) is 10.2 Å². The molecule has 0 saturated carbocycles. The summed E-state index contributed by atoms with van der Waals surface area (Å²) in [4.78, 5) is 25.0. The lowest BCUT2D eigenvalue weighted by Gasteiger charge is -2.10. The second kappa shape index (κ2) is 10.5. The van der Waals surface area contributed by atoms with Crippen LogP contribution in [0.5, 0.6) is 5.75 Å². The molecular formula is C26H19ClN6O5S. The van der Waals surface area contributed by atoms with Gasteiger partial charge in [-0.25, -0.2) is 0 Å². The van der Waals surface area contributed by atoms with Gasteiger partial charge in [0, 0.05) is 11.8 Å². The average molecular weight is 563 g/mol. The van der Waals surface area contributed by atoms with E-state index in [9.17, 15) is 14.9 Å². The zero-order valence-electron chi connectivity index (χ0n) is 20.5. The van der Waals surface area contributed by atoms with Crippen molar-refractivity contribution in [3.63, 3.8) is 0 Å². The Hall–Kier alpha value is -4.81. The second-order valence-corrected chi connectivity index (χ2v) is 9.13. The van der Waals surface area contributed by atoms with Gasteiger partial charge in [0.25, 0.3) is 11.6 Å². The van der Waals surface area contributed by atoms with Crippen molar-refractivity contribution in [2.75, 3.05) is 12.4 Å². The maximum atomic E-state index is 12.7. The lowest BCUT2D eigenvalue weighted by molar-refractivity contribution is -0.384. The first-order chi connectivity index (χ1) is 18.7. The number of nitrogens with one attached hydrogen (secondary N) is 2. The van der Waals surface area contributed by atoms with Crippen LogP contribution in [0.25, 0.3) is 28.0 Å². The van der Waals surface area contributed by atoms with Crippen molar-refractivity contribution < 1.29 is 18.9 Å². The van der Waals surface area contributed by atoms with Gasteiger partial charge in [0.15, 0.2) is 10.9 Å². The Morgan fingerprint density at radius 3 is 2.56 bits per heavy atom. The van der Waals surface area contributed by atoms with Crippen molar-refractivity contribution in [3.8, 4) is 22.8 Å². The van der Waals surface area contributed by atoms with Crippen LogP contribution < -0.4 is 15.4 Å². The molecule has 196 valence electrons. The number of aryl methyl sites for hydroxylation is 1. The number of nitro groups is 1. The molecule has 0 saturated heterocycles. The molecule has 0 aliphatic rings. The third kappa shape index (κ3) is 5.28. The quantitative estimate of drug-likeness (QED) is 0.152. The predicted molar refractivity (Wildman–Crippen MR) is 150 cm³/mol. The molecule has 0 unspecified atom stereocenters. The van der Waals surface area contributed by atoms with Crippen molar-refractivity contribution in [1.82, 2.24) is 20.3 Å². The standard InChI is InChI=1S/C26H19ClN6O5S/c1-14-11-19-20(31-32(30-19)15-7-8-23(37-2)17(27)12-15)13-18(14)28-26(39)29-25(34)24-10-9-22(38-24)16-5-3-4-6-21(16)33(35)36/h3-13H,1-2H3,(H2,28,29,34,39). The largest absolute Gasteiger partial charge is 0.495 e. The number of halogens is 1. The highest BCUT2D eigenvalue weighted by Crippen LogP contribution is 2.31. The highest BCUT2D eigenvalue weighted by molar-refractivity contribution is 7.80. The number of nitrogens with zero attached hydrogens (tertiary/aromatic N) is 4. The molecule has 2 aromatic heterocycles. The number of anilines is 1. The van der Waals surface area contributed by atoms with Gasteiger partial charge >= 0.3 is 0 Å². The summed E-state index contributed by atoms with van der Waals surface area (Å²) in [6, 6.07) is 17.8. The number of amides is 1. The zero-order valence-corrected chi connectivity index (χ0v) is 22.0. The summed E-state index contributed by atoms with van der Waals surface area (Å²) in [5.74, 6) is 0.0648. The summed E-state index contributed by atoms with van der Waals surface area (Å²) in [6.45, 7) is 1.86. The summed E-state index contributed by atoms with van der Waals surface area (Å²) in [6.07, 6.45) is 0. The zero-order chi connectivity index (χ0) is 27.7. The van der Waals surface area contributed by atoms with Crippen LogP contribution >= 0.6 is 23.8 Å². The maximum absolute atomic E-state index is 12.7. The molecule has 0 aliphatic heterocycles. The molecular weight excluding hydrogens is 544 g/mol. The van der Waals surface area contributed by atoms with Crippen LogP contribution in [0, 0.1) is 17.0 Å². The molecule has 0 spiro atoms. The number of rotatable bonds is 6. The van der Waals surface area contributed by atoms with Crippen LogP contribution in [0.15, 0.2) is 71.1 Å². The van der Waals surface area contributed by atoms with E-state index in [-0.39, 0.29) is 27.9 Å². The summed E-state index contributed by atoms with van der Waals surface area (Å²) in [5, 5.41) is 26.4. The number of ether oxygens (including phenoxy) is 1. The van der Waals surface area contributed by atoms with Gasteiger partial charge in [-0.2, -0.15) is 4.80 Å². The molecule has 2 N–H and O–H groups in total. The van der Waals surface area contributed by atoms with Crippen LogP contribution in [-0.4, -0.2) is 38.0 Å². The highest BCUT2D eigenvalue weighted by atomic mass is 35.5. The Balaban J connectivity index is 1.31. The number of aromatic nitrogens is 3. The van der Waals surface area contributed by atoms with Gasteiger partial charge in [0.1, 0.15) is 22.5 Å². The number of hydrogen-bond donors (Lipinski definition) is 2. The summed E-state index contributed by atoms with van der Waals surface area (Å²) in [7, 11) is 1.54. The van der Waals surface area contributed by atoms with Crippen molar-refractivity contribution >= 4 is 57.2 Å². The van der Waals surface area contributed by atoms with E-state index in [1.54, 1.807) is 42.5 Å². The number of hydrogen-bond acceptors (Lipinski definition) is 8. The van der Waals surface area contributed by atoms with E-state index in [2.05, 4.69) is 20.8 Å². The molecule has 0 fully saturated rings. The van der Waals surface area contributed by atoms with E-state index in [0.717, 1.165) is 5.56 Å². The first-order valence-electron chi connectivity index (χ1n) is 11.4. The molecule has 2 heterocycles. The first-order valence-corrected chi connectivity index (χ1v) is 12.2. The van der Waals surface area contributed by atoms with Crippen molar-refractivity contribution in [2.24, 2.45) is 0 Å². The van der Waals surface area contributed by atoms with Crippen molar-refractivity contribution in [1.29, 1.82) is 0 Å². The predicted octanol–water partition coefficient (Wildman–Crippen LogP) is 5.69. The van der Waals surface area contributed by atoms with Gasteiger partial charge in [-0.05, 0) is 73.2 Å². The number of para-hydroxylation sites is 1. The molecule has 0 atom stereocenters. The van der Waals surface area contributed by atoms with E-state index in [1.807, 2.05) is 13.0 Å². The van der Waals surface area contributed by atoms with Gasteiger partial charge in [-0.3, -0.25) is 20.2 Å². The minimum Gasteiger partial charge on any atom is -0.495 e. The summed E-state index contributed by atoms with van der Waals surface area (Å²) < 4.78 is 10.8. The molecule has 1 amide bonds. The number of carbonyl (C=O) groups excluding carboxylic acids is 1. The second-order valence-electron chi connectivity index (χ2n) is 8.31. The summed E-state index contributed by atoms with van der Waals surface area (Å²) >= 11 is 11.6.